The van der Waals surface area contributed by atoms with Crippen LogP contribution in [-0.4, -0.2) is 111 Å². The van der Waals surface area contributed by atoms with Crippen molar-refractivity contribution in [3.05, 3.63) is 166 Å². The monoisotopic (exact) mass is 916 g/mol. The molecule has 5 aromatic rings. The first-order valence-corrected chi connectivity index (χ1v) is 22.0. The van der Waals surface area contributed by atoms with E-state index in [9.17, 15) is 60.0 Å². The molecule has 4 aliphatic carbocycles. The second-order valence-corrected chi connectivity index (χ2v) is 17.8. The number of hydrogen-bond acceptors (Lipinski definition) is 10. The summed E-state index contributed by atoms with van der Waals surface area (Å²) in [6.07, 6.45) is -1.54. The van der Waals surface area contributed by atoms with Gasteiger partial charge in [-0.1, -0.05) is 97.1 Å². The number of fused-ring (bicyclic) bond motifs is 4. The lowest BCUT2D eigenvalue weighted by molar-refractivity contribution is -0.151. The molecule has 8 N–H and O–H groups in total. The zero-order valence-electron chi connectivity index (χ0n) is 37.3. The van der Waals surface area contributed by atoms with Crippen LogP contribution in [0.2, 0.25) is 0 Å². The number of aliphatic hydroxyl groups excluding tert-OH is 4. The van der Waals surface area contributed by atoms with Crippen LogP contribution in [0.25, 0.3) is 46.6 Å². The summed E-state index contributed by atoms with van der Waals surface area (Å²) in [4.78, 5) is 59.6. The smallest absolute Gasteiger partial charge is 0.337 e. The molecule has 0 saturated carbocycles. The van der Waals surface area contributed by atoms with Crippen molar-refractivity contribution >= 4 is 81.8 Å². The van der Waals surface area contributed by atoms with Gasteiger partial charge in [-0.05, 0) is 143 Å². The number of rotatable bonds is 18. The lowest BCUT2D eigenvalue weighted by atomic mass is 9.65. The SMILES string of the molecule is CC(O)C(C(=O)O)(C1=Cc2ccccc21)N(c1ccc(N(C(C(=O)O)(C2=Cc3ccccc32)C(C)O)C(C(=O)O)(C2=Cc3ccccc32)C(C)O)cc1)C(C(=O)O)(C1=Cc2ccccc21)C(C)O. The van der Waals surface area contributed by atoms with Gasteiger partial charge in [-0.25, -0.2) is 19.2 Å². The molecule has 8 unspecified atom stereocenters. The number of anilines is 2. The van der Waals surface area contributed by atoms with Crippen LogP contribution < -0.4 is 9.80 Å². The summed E-state index contributed by atoms with van der Waals surface area (Å²) in [5.41, 5.74) is -7.10. The van der Waals surface area contributed by atoms with E-state index in [0.29, 0.717) is 44.5 Å². The average Bonchev–Trinajstić information content (AvgIpc) is 3.25. The Morgan fingerprint density at radius 3 is 0.706 bits per heavy atom. The van der Waals surface area contributed by atoms with Crippen molar-refractivity contribution in [2.24, 2.45) is 0 Å². The van der Waals surface area contributed by atoms with Crippen molar-refractivity contribution in [3.63, 3.8) is 0 Å². The maximum atomic E-state index is 14.4. The van der Waals surface area contributed by atoms with Crippen LogP contribution in [0.15, 0.2) is 121 Å². The van der Waals surface area contributed by atoms with E-state index in [1.807, 2.05) is 0 Å². The predicted molar refractivity (Wildman–Crippen MR) is 257 cm³/mol. The number of nitrogens with zero attached hydrogens (tertiary/aromatic N) is 2. The lowest BCUT2D eigenvalue weighted by Crippen LogP contribution is -2.76. The molecular weight excluding hydrogens is 869 g/mol. The Labute approximate surface area is 390 Å². The highest BCUT2D eigenvalue weighted by Gasteiger charge is 2.68. The Hall–Kier alpha value is -7.62. The summed E-state index contributed by atoms with van der Waals surface area (Å²) in [5, 5.41) is 95.2. The molecule has 14 nitrogen and oxygen atoms in total. The third-order valence-electron chi connectivity index (χ3n) is 14.3. The lowest BCUT2D eigenvalue weighted by Gasteiger charge is -2.58. The maximum Gasteiger partial charge on any atom is 0.337 e. The molecule has 0 aromatic heterocycles. The second-order valence-electron chi connectivity index (χ2n) is 17.8. The van der Waals surface area contributed by atoms with E-state index in [1.165, 1.54) is 76.3 Å². The van der Waals surface area contributed by atoms with Gasteiger partial charge in [0.1, 0.15) is 0 Å². The largest absolute Gasteiger partial charge is 0.479 e. The summed E-state index contributed by atoms with van der Waals surface area (Å²) < 4.78 is 0. The minimum absolute atomic E-state index is 0.0185. The molecule has 0 saturated heterocycles. The number of aliphatic hydroxyl groups is 4. The van der Waals surface area contributed by atoms with Crippen molar-refractivity contribution in [3.8, 4) is 0 Å². The minimum Gasteiger partial charge on any atom is -0.479 e. The number of carboxylic acid groups (broad SMARTS) is 4. The van der Waals surface area contributed by atoms with Gasteiger partial charge < -0.3 is 50.7 Å². The first-order chi connectivity index (χ1) is 32.4. The van der Waals surface area contributed by atoms with Crippen molar-refractivity contribution < 1.29 is 60.0 Å². The summed E-state index contributed by atoms with van der Waals surface area (Å²) in [6.45, 7) is 4.83. The van der Waals surface area contributed by atoms with Gasteiger partial charge >= 0.3 is 23.9 Å². The van der Waals surface area contributed by atoms with Gasteiger partial charge in [0, 0.05) is 11.4 Å². The van der Waals surface area contributed by atoms with E-state index in [2.05, 4.69) is 0 Å². The van der Waals surface area contributed by atoms with Crippen molar-refractivity contribution in [1.82, 2.24) is 0 Å². The number of carboxylic acids is 4. The molecule has 0 spiro atoms. The van der Waals surface area contributed by atoms with Gasteiger partial charge in [-0.15, -0.1) is 0 Å². The third-order valence-corrected chi connectivity index (χ3v) is 14.3. The molecule has 0 amide bonds. The Morgan fingerprint density at radius 1 is 0.353 bits per heavy atom. The van der Waals surface area contributed by atoms with Gasteiger partial charge in [0.15, 0.2) is 22.2 Å². The van der Waals surface area contributed by atoms with E-state index in [0.717, 1.165) is 9.80 Å². The van der Waals surface area contributed by atoms with Crippen LogP contribution in [-0.2, 0) is 19.2 Å². The fourth-order valence-corrected chi connectivity index (χ4v) is 11.2. The molecule has 4 aliphatic rings. The van der Waals surface area contributed by atoms with E-state index in [-0.39, 0.29) is 33.7 Å². The number of carbonyl (C=O) groups is 4. The van der Waals surface area contributed by atoms with Crippen LogP contribution in [0.1, 0.15) is 72.2 Å². The van der Waals surface area contributed by atoms with Crippen molar-refractivity contribution in [1.29, 1.82) is 0 Å². The number of hydrogen-bond donors (Lipinski definition) is 8. The first kappa shape index (κ1) is 45.5. The molecule has 346 valence electrons. The molecule has 0 bridgehead atoms. The predicted octanol–water partition coefficient (Wildman–Crippen LogP) is 6.33. The number of aliphatic carboxylic acids is 4. The van der Waals surface area contributed by atoms with E-state index < -0.39 is 70.4 Å². The van der Waals surface area contributed by atoms with Crippen LogP contribution in [0.3, 0.4) is 0 Å². The van der Waals surface area contributed by atoms with Gasteiger partial charge in [0.2, 0.25) is 0 Å². The highest BCUT2D eigenvalue weighted by molar-refractivity contribution is 6.20. The fourth-order valence-electron chi connectivity index (χ4n) is 11.2. The highest BCUT2D eigenvalue weighted by atomic mass is 16.4. The van der Waals surface area contributed by atoms with Gasteiger partial charge in [0.05, 0.1) is 24.4 Å². The summed E-state index contributed by atoms with van der Waals surface area (Å²) in [7, 11) is 0. The van der Waals surface area contributed by atoms with Crippen LogP contribution in [0, 0.1) is 0 Å². The van der Waals surface area contributed by atoms with Crippen molar-refractivity contribution in [2.45, 2.75) is 74.3 Å². The van der Waals surface area contributed by atoms with Gasteiger partial charge in [-0.3, -0.25) is 0 Å². The minimum atomic E-state index is -2.69. The first-order valence-electron chi connectivity index (χ1n) is 22.0. The van der Waals surface area contributed by atoms with E-state index in [4.69, 9.17) is 0 Å². The second kappa shape index (κ2) is 16.0. The quantitative estimate of drug-likeness (QED) is 0.0480. The fraction of sp³-hybridized carbons (Fsp3) is 0.222. The van der Waals surface area contributed by atoms with Crippen molar-refractivity contribution in [2.75, 3.05) is 9.80 Å². The van der Waals surface area contributed by atoms with Gasteiger partial charge in [0.25, 0.3) is 0 Å². The molecule has 0 heterocycles. The van der Waals surface area contributed by atoms with Crippen LogP contribution in [0.5, 0.6) is 0 Å². The zero-order valence-corrected chi connectivity index (χ0v) is 37.3. The zero-order chi connectivity index (χ0) is 48.8. The van der Waals surface area contributed by atoms with Crippen LogP contribution in [0.4, 0.5) is 11.4 Å². The molecular formula is C54H48N2O12. The maximum absolute atomic E-state index is 14.4. The highest BCUT2D eigenvalue weighted by Crippen LogP contribution is 2.57. The van der Waals surface area contributed by atoms with Crippen LogP contribution >= 0.6 is 0 Å². The molecule has 8 atom stereocenters. The summed E-state index contributed by atoms with van der Waals surface area (Å²) in [5.74, 6) is -6.71. The Bertz CT molecular complexity index is 2700. The standard InChI is InChI=1S/C54H48N2O12/c1-29(57)51(47(61)62,43-25-33-13-5-9-17-39(33)43)55(52(30(2)58,48(63)64)44-26-34-14-6-10-18-40(34)44)37-21-23-38(24-22-37)56(53(31(3)59,49(65)66)45-27-35-15-7-11-19-41(35)45)54(32(4)60,50(67)68)46-28-36-16-8-12-20-42(36)46/h5-32,57-60H,1-4H3,(H,61,62)(H,63,64)(H,65,66)(H,67,68). The summed E-state index contributed by atoms with van der Waals surface area (Å²) in [6, 6.07) is 32.1. The molecule has 68 heavy (non-hydrogen) atoms. The average molecular weight is 917 g/mol. The topological polar surface area (TPSA) is 237 Å². The molecule has 0 fully saturated rings. The van der Waals surface area contributed by atoms with E-state index in [1.54, 1.807) is 97.1 Å². The Kier molecular flexibility index (Phi) is 10.7. The number of benzene rings is 5. The Morgan fingerprint density at radius 2 is 0.544 bits per heavy atom. The molecule has 5 aromatic carbocycles. The summed E-state index contributed by atoms with van der Waals surface area (Å²) >= 11 is 0. The molecule has 9 rings (SSSR count). The third kappa shape index (κ3) is 5.78. The Balaban J connectivity index is 1.37. The molecule has 0 radical (unpaired) electrons. The van der Waals surface area contributed by atoms with Gasteiger partial charge in [-0.2, -0.15) is 0 Å². The normalized spacial score (nSPS) is 19.1. The van der Waals surface area contributed by atoms with E-state index >= 15 is 0 Å². The molecule has 0 aliphatic heterocycles. The molecule has 14 heteroatoms.